The van der Waals surface area contributed by atoms with Crippen LogP contribution < -0.4 is 0 Å². The number of hydrogen-bond acceptors (Lipinski definition) is 3. The predicted molar refractivity (Wildman–Crippen MR) is 108 cm³/mol. The molecule has 1 aromatic carbocycles. The van der Waals surface area contributed by atoms with Crippen molar-refractivity contribution in [2.45, 2.75) is 38.0 Å². The summed E-state index contributed by atoms with van der Waals surface area (Å²) in [5, 5.41) is 9.40. The van der Waals surface area contributed by atoms with Crippen LogP contribution in [-0.4, -0.2) is 15.2 Å². The van der Waals surface area contributed by atoms with Crippen LogP contribution in [0.25, 0.3) is 11.3 Å². The van der Waals surface area contributed by atoms with E-state index >= 15 is 0 Å². The first-order chi connectivity index (χ1) is 13.8. The summed E-state index contributed by atoms with van der Waals surface area (Å²) in [6, 6.07) is 9.25. The number of nitrogens with zero attached hydrogens (tertiary/aromatic N) is 3. The Hall–Kier alpha value is -2.11. The molecule has 1 saturated carbocycles. The van der Waals surface area contributed by atoms with E-state index in [2.05, 4.69) is 29.0 Å². The molecule has 0 spiro atoms. The molecule has 7 heteroatoms. The van der Waals surface area contributed by atoms with Crippen LogP contribution in [0, 0.1) is 17.0 Å². The highest BCUT2D eigenvalue weighted by Crippen LogP contribution is 2.69. The molecule has 2 bridgehead atoms. The zero-order chi connectivity index (χ0) is 20.6. The Balaban J connectivity index is 1.74. The lowest BCUT2D eigenvalue weighted by Crippen LogP contribution is -2.37. The smallest absolute Gasteiger partial charge is 0.135 e. The number of halogens is 4. The summed E-state index contributed by atoms with van der Waals surface area (Å²) in [7, 11) is 0. The van der Waals surface area contributed by atoms with Crippen LogP contribution in [0.4, 0.5) is 8.78 Å². The molecule has 5 rings (SSSR count). The fourth-order valence-electron chi connectivity index (χ4n) is 5.54. The Kier molecular flexibility index (Phi) is 4.03. The van der Waals surface area contributed by atoms with Gasteiger partial charge < -0.3 is 0 Å². The minimum atomic E-state index is -0.649. The lowest BCUT2D eigenvalue weighted by Gasteiger charge is -2.38. The van der Waals surface area contributed by atoms with Crippen molar-refractivity contribution in [1.29, 1.82) is 0 Å². The van der Waals surface area contributed by atoms with Gasteiger partial charge in [0, 0.05) is 5.41 Å². The molecule has 0 amide bonds. The van der Waals surface area contributed by atoms with Gasteiger partial charge in [-0.05, 0) is 65.6 Å². The van der Waals surface area contributed by atoms with E-state index in [0.717, 1.165) is 29.7 Å². The Morgan fingerprint density at radius 1 is 1.00 bits per heavy atom. The van der Waals surface area contributed by atoms with E-state index in [0.29, 0.717) is 10.3 Å². The van der Waals surface area contributed by atoms with Crippen LogP contribution in [0.2, 0.25) is 10.3 Å². The Morgan fingerprint density at radius 2 is 1.66 bits per heavy atom. The molecule has 2 aromatic heterocycles. The molecule has 3 aromatic rings. The topological polar surface area (TPSA) is 38.7 Å². The molecule has 2 atom stereocenters. The molecule has 0 saturated heterocycles. The Bertz CT molecular complexity index is 1120. The summed E-state index contributed by atoms with van der Waals surface area (Å²) < 4.78 is 28.6. The second-order valence-corrected chi connectivity index (χ2v) is 9.12. The summed E-state index contributed by atoms with van der Waals surface area (Å²) in [6.07, 6.45) is 1.80. The first-order valence-electron chi connectivity index (χ1n) is 9.42. The second kappa shape index (κ2) is 6.19. The number of benzene rings is 1. The molecule has 0 N–H and O–H groups in total. The van der Waals surface area contributed by atoms with Crippen molar-refractivity contribution in [1.82, 2.24) is 15.2 Å². The lowest BCUT2D eigenvalue weighted by atomic mass is 9.64. The highest BCUT2D eigenvalue weighted by atomic mass is 35.5. The number of hydrogen-bond donors (Lipinski definition) is 0. The third-order valence-electron chi connectivity index (χ3n) is 6.86. The molecule has 2 aliphatic rings. The Labute approximate surface area is 177 Å². The number of fused-ring (bicyclic) bond motifs is 5. The van der Waals surface area contributed by atoms with E-state index in [4.69, 9.17) is 23.2 Å². The van der Waals surface area contributed by atoms with E-state index in [1.807, 2.05) is 12.1 Å². The highest BCUT2D eigenvalue weighted by molar-refractivity contribution is 6.32. The molecule has 1 fully saturated rings. The van der Waals surface area contributed by atoms with Crippen molar-refractivity contribution in [3.63, 3.8) is 0 Å². The Morgan fingerprint density at radius 3 is 2.31 bits per heavy atom. The lowest BCUT2D eigenvalue weighted by molar-refractivity contribution is 0.248. The van der Waals surface area contributed by atoms with Crippen molar-refractivity contribution in [2.24, 2.45) is 5.41 Å². The third-order valence-corrected chi connectivity index (χ3v) is 7.24. The van der Waals surface area contributed by atoms with Gasteiger partial charge in [-0.25, -0.2) is 13.8 Å². The molecule has 0 aliphatic heterocycles. The molecule has 148 valence electrons. The van der Waals surface area contributed by atoms with E-state index in [1.54, 1.807) is 6.07 Å². The van der Waals surface area contributed by atoms with Gasteiger partial charge >= 0.3 is 0 Å². The summed E-state index contributed by atoms with van der Waals surface area (Å²) in [6.45, 7) is 4.38. The summed E-state index contributed by atoms with van der Waals surface area (Å²) in [5.41, 5.74) is 2.21. The standard InChI is InChI=1S/C22H17Cl2F2N3/c1-21(2)13-6-7-22(21,11-8-17(23)27-18(24)9-11)20-12(13)10-16(28-29-20)19-14(25)4-3-5-15(19)26/h3-5,8-10,13H,6-7H2,1-2H3/t13-,22-/m0/s1. The van der Waals surface area contributed by atoms with Crippen LogP contribution in [0.1, 0.15) is 49.4 Å². The van der Waals surface area contributed by atoms with Gasteiger partial charge in [0.1, 0.15) is 21.9 Å². The first-order valence-corrected chi connectivity index (χ1v) is 10.2. The van der Waals surface area contributed by atoms with E-state index in [9.17, 15) is 8.78 Å². The fraction of sp³-hybridized carbons (Fsp3) is 0.318. The van der Waals surface area contributed by atoms with Gasteiger partial charge in [0.2, 0.25) is 0 Å². The van der Waals surface area contributed by atoms with Crippen molar-refractivity contribution >= 4 is 23.2 Å². The summed E-state index contributed by atoms with van der Waals surface area (Å²) >= 11 is 12.4. The predicted octanol–water partition coefficient (Wildman–Crippen LogP) is 6.33. The maximum Gasteiger partial charge on any atom is 0.135 e. The quantitative estimate of drug-likeness (QED) is 0.445. The molecule has 0 radical (unpaired) electrons. The largest absolute Gasteiger partial charge is 0.224 e. The van der Waals surface area contributed by atoms with Crippen molar-refractivity contribution in [3.8, 4) is 11.3 Å². The van der Waals surface area contributed by atoms with Gasteiger partial charge in [0.25, 0.3) is 0 Å². The monoisotopic (exact) mass is 431 g/mol. The fourth-order valence-corrected chi connectivity index (χ4v) is 6.00. The van der Waals surface area contributed by atoms with Crippen LogP contribution in [0.5, 0.6) is 0 Å². The third kappa shape index (κ3) is 2.44. The summed E-state index contributed by atoms with van der Waals surface area (Å²) in [5.74, 6) is -1.11. The highest BCUT2D eigenvalue weighted by Gasteiger charge is 2.64. The van der Waals surface area contributed by atoms with E-state index in [1.165, 1.54) is 18.2 Å². The van der Waals surface area contributed by atoms with E-state index in [-0.39, 0.29) is 22.6 Å². The van der Waals surface area contributed by atoms with Crippen LogP contribution in [0.3, 0.4) is 0 Å². The number of pyridine rings is 1. The average molecular weight is 432 g/mol. The zero-order valence-corrected chi connectivity index (χ0v) is 17.3. The van der Waals surface area contributed by atoms with Gasteiger partial charge in [0.05, 0.1) is 17.0 Å². The molecule has 2 aliphatic carbocycles. The minimum absolute atomic E-state index is 0.146. The molecule has 29 heavy (non-hydrogen) atoms. The maximum absolute atomic E-state index is 14.3. The van der Waals surface area contributed by atoms with Gasteiger partial charge in [-0.3, -0.25) is 0 Å². The number of aromatic nitrogens is 3. The molecule has 0 unspecified atom stereocenters. The normalized spacial score (nSPS) is 24.0. The van der Waals surface area contributed by atoms with Gasteiger partial charge in [0.15, 0.2) is 0 Å². The second-order valence-electron chi connectivity index (χ2n) is 8.35. The summed E-state index contributed by atoms with van der Waals surface area (Å²) in [4.78, 5) is 4.07. The SMILES string of the molecule is CC1(C)[C@H]2CC[C@]1(c1cc(Cl)nc(Cl)c1)c1nnc(-c3c(F)cccc3F)cc12. The van der Waals surface area contributed by atoms with Gasteiger partial charge in [-0.2, -0.15) is 5.10 Å². The molecule has 3 nitrogen and oxygen atoms in total. The van der Waals surface area contributed by atoms with Crippen molar-refractivity contribution in [3.05, 3.63) is 75.2 Å². The van der Waals surface area contributed by atoms with Crippen LogP contribution in [0.15, 0.2) is 36.4 Å². The minimum Gasteiger partial charge on any atom is -0.224 e. The average Bonchev–Trinajstić information content (AvgIpc) is 3.02. The molecule has 2 heterocycles. The van der Waals surface area contributed by atoms with E-state index < -0.39 is 17.0 Å². The van der Waals surface area contributed by atoms with Crippen LogP contribution >= 0.6 is 23.2 Å². The van der Waals surface area contributed by atoms with Gasteiger partial charge in [-0.15, -0.1) is 5.10 Å². The van der Waals surface area contributed by atoms with Crippen LogP contribution in [-0.2, 0) is 5.41 Å². The maximum atomic E-state index is 14.3. The first kappa shape index (κ1) is 18.9. The molecular formula is C22H17Cl2F2N3. The zero-order valence-electron chi connectivity index (χ0n) is 15.8. The van der Waals surface area contributed by atoms with Gasteiger partial charge in [-0.1, -0.05) is 43.1 Å². The number of rotatable bonds is 2. The van der Waals surface area contributed by atoms with Crippen molar-refractivity contribution in [2.75, 3.05) is 0 Å². The molecular weight excluding hydrogens is 415 g/mol. The van der Waals surface area contributed by atoms with Crippen molar-refractivity contribution < 1.29 is 8.78 Å².